The van der Waals surface area contributed by atoms with Crippen molar-refractivity contribution in [3.8, 4) is 0 Å². The third-order valence-electron chi connectivity index (χ3n) is 7.46. The van der Waals surface area contributed by atoms with E-state index in [1.54, 1.807) is 6.26 Å². The first-order chi connectivity index (χ1) is 19.1. The van der Waals surface area contributed by atoms with Crippen LogP contribution >= 0.6 is 0 Å². The monoisotopic (exact) mass is 529 g/mol. The van der Waals surface area contributed by atoms with Crippen LogP contribution in [-0.4, -0.2) is 36.3 Å². The minimum Gasteiger partial charge on any atom is -0.467 e. The molecule has 0 aliphatic carbocycles. The van der Waals surface area contributed by atoms with Crippen LogP contribution in [0.4, 0.5) is 11.4 Å². The number of likely N-dealkylation sites (tertiary alicyclic amines) is 1. The number of carbonyl (C=O) groups excluding carboxylic acids is 2. The van der Waals surface area contributed by atoms with Crippen molar-refractivity contribution >= 4 is 23.2 Å². The molecule has 0 bridgehead atoms. The molecule has 2 amide bonds. The molecule has 2 heterocycles. The number of anilines is 2. The van der Waals surface area contributed by atoms with Crippen LogP contribution in [0, 0.1) is 0 Å². The maximum Gasteiger partial charge on any atom is 0.256 e. The van der Waals surface area contributed by atoms with Gasteiger partial charge < -0.3 is 19.5 Å². The molecule has 39 heavy (non-hydrogen) atoms. The van der Waals surface area contributed by atoms with Crippen LogP contribution in [0.15, 0.2) is 65.3 Å². The number of unbranched alkanes of at least 4 members (excludes halogenated alkanes) is 4. The van der Waals surface area contributed by atoms with Crippen LogP contribution in [0.3, 0.4) is 0 Å². The summed E-state index contributed by atoms with van der Waals surface area (Å²) in [5, 5.41) is 3.03. The van der Waals surface area contributed by atoms with E-state index in [-0.39, 0.29) is 11.8 Å². The average Bonchev–Trinajstić information content (AvgIpc) is 3.68. The Morgan fingerprint density at radius 1 is 0.923 bits per heavy atom. The second-order valence-corrected chi connectivity index (χ2v) is 10.5. The summed E-state index contributed by atoms with van der Waals surface area (Å²) in [7, 11) is 0. The lowest BCUT2D eigenvalue weighted by Gasteiger charge is -2.28. The molecule has 2 aromatic carbocycles. The molecular weight excluding hydrogens is 486 g/mol. The van der Waals surface area contributed by atoms with E-state index in [2.05, 4.69) is 24.1 Å². The minimum atomic E-state index is -0.168. The maximum atomic E-state index is 13.7. The van der Waals surface area contributed by atoms with Gasteiger partial charge >= 0.3 is 0 Å². The molecule has 1 saturated heterocycles. The maximum absolute atomic E-state index is 13.7. The van der Waals surface area contributed by atoms with Gasteiger partial charge in [0, 0.05) is 30.9 Å². The predicted octanol–water partition coefficient (Wildman–Crippen LogP) is 7.70. The van der Waals surface area contributed by atoms with Gasteiger partial charge in [-0.05, 0) is 80.1 Å². The lowest BCUT2D eigenvalue weighted by Crippen LogP contribution is -2.31. The zero-order valence-corrected chi connectivity index (χ0v) is 23.6. The number of amides is 2. The number of hydrogen-bond acceptors (Lipinski definition) is 4. The summed E-state index contributed by atoms with van der Waals surface area (Å²) in [6, 6.07) is 17.5. The second kappa shape index (κ2) is 14.6. The molecule has 1 aromatic heterocycles. The number of nitrogens with zero attached hydrogens (tertiary/aromatic N) is 2. The van der Waals surface area contributed by atoms with Crippen LogP contribution in [0.25, 0.3) is 0 Å². The van der Waals surface area contributed by atoms with Crippen LogP contribution in [0.1, 0.15) is 97.3 Å². The molecule has 208 valence electrons. The van der Waals surface area contributed by atoms with Crippen molar-refractivity contribution in [2.45, 2.75) is 78.2 Å². The fourth-order valence-corrected chi connectivity index (χ4v) is 5.16. The molecule has 4 rings (SSSR count). The number of aryl methyl sites for hydroxylation is 1. The quantitative estimate of drug-likeness (QED) is 0.217. The molecule has 6 nitrogen and oxygen atoms in total. The molecule has 3 aromatic rings. The summed E-state index contributed by atoms with van der Waals surface area (Å²) in [6.07, 6.45) is 11.7. The Morgan fingerprint density at radius 2 is 1.69 bits per heavy atom. The zero-order valence-electron chi connectivity index (χ0n) is 23.6. The summed E-state index contributed by atoms with van der Waals surface area (Å²) < 4.78 is 5.64. The SMILES string of the molecule is CCCCCCc1ccc(C(=O)Nc2ccc(N(CCCC)Cc3ccco3)c(C(=O)N3CCCC3)c2)cc1. The Morgan fingerprint density at radius 3 is 2.38 bits per heavy atom. The van der Waals surface area contributed by atoms with E-state index in [0.29, 0.717) is 23.4 Å². The second-order valence-electron chi connectivity index (χ2n) is 10.5. The molecule has 0 unspecified atom stereocenters. The number of nitrogens with one attached hydrogen (secondary N) is 1. The predicted molar refractivity (Wildman–Crippen MR) is 158 cm³/mol. The van der Waals surface area contributed by atoms with Gasteiger partial charge in [0.1, 0.15) is 5.76 Å². The van der Waals surface area contributed by atoms with E-state index in [1.165, 1.54) is 31.2 Å². The standard InChI is InChI=1S/C33H43N3O3/c1-3-5-7-8-12-26-14-16-27(17-15-26)32(37)34-28-18-19-31(30(24-28)33(38)35-21-9-10-22-35)36(20-6-4-2)25-29-13-11-23-39-29/h11,13-19,23-24H,3-10,12,20-22,25H2,1-2H3,(H,34,37). The van der Waals surface area contributed by atoms with Crippen molar-refractivity contribution in [3.05, 3.63) is 83.3 Å². The lowest BCUT2D eigenvalue weighted by atomic mass is 10.0. The molecule has 0 saturated carbocycles. The van der Waals surface area contributed by atoms with Gasteiger partial charge in [-0.1, -0.05) is 51.7 Å². The van der Waals surface area contributed by atoms with Gasteiger partial charge in [0.2, 0.25) is 0 Å². The minimum absolute atomic E-state index is 0.0203. The fraction of sp³-hybridized carbons (Fsp3) is 0.455. The lowest BCUT2D eigenvalue weighted by molar-refractivity contribution is 0.0793. The molecule has 1 fully saturated rings. The Bertz CT molecular complexity index is 1180. The summed E-state index contributed by atoms with van der Waals surface area (Å²) in [5.41, 5.74) is 4.01. The first-order valence-corrected chi connectivity index (χ1v) is 14.7. The van der Waals surface area contributed by atoms with Gasteiger partial charge in [0.05, 0.1) is 24.1 Å². The highest BCUT2D eigenvalue weighted by Gasteiger charge is 2.25. The Hall–Kier alpha value is -3.54. The Kier molecular flexibility index (Phi) is 10.6. The molecule has 0 spiro atoms. The van der Waals surface area contributed by atoms with Crippen LogP contribution in [-0.2, 0) is 13.0 Å². The van der Waals surface area contributed by atoms with Crippen molar-refractivity contribution in [2.24, 2.45) is 0 Å². The van der Waals surface area contributed by atoms with Gasteiger partial charge in [-0.3, -0.25) is 9.59 Å². The smallest absolute Gasteiger partial charge is 0.256 e. The van der Waals surface area contributed by atoms with Gasteiger partial charge in [-0.25, -0.2) is 0 Å². The van der Waals surface area contributed by atoms with Crippen LogP contribution in [0.5, 0.6) is 0 Å². The summed E-state index contributed by atoms with van der Waals surface area (Å²) >= 11 is 0. The van der Waals surface area contributed by atoms with Gasteiger partial charge in [0.25, 0.3) is 11.8 Å². The van der Waals surface area contributed by atoms with Gasteiger partial charge in [-0.2, -0.15) is 0 Å². The van der Waals surface area contributed by atoms with E-state index in [9.17, 15) is 9.59 Å². The Balaban J connectivity index is 1.54. The van der Waals surface area contributed by atoms with Gasteiger partial charge in [0.15, 0.2) is 0 Å². The van der Waals surface area contributed by atoms with Crippen molar-refractivity contribution in [1.29, 1.82) is 0 Å². The van der Waals surface area contributed by atoms with E-state index in [0.717, 1.165) is 63.2 Å². The van der Waals surface area contributed by atoms with E-state index >= 15 is 0 Å². The van der Waals surface area contributed by atoms with Crippen molar-refractivity contribution in [2.75, 3.05) is 29.9 Å². The zero-order chi connectivity index (χ0) is 27.5. The molecule has 1 aliphatic heterocycles. The van der Waals surface area contributed by atoms with Crippen molar-refractivity contribution < 1.29 is 14.0 Å². The summed E-state index contributed by atoms with van der Waals surface area (Å²) in [5.74, 6) is 0.710. The molecule has 6 heteroatoms. The van der Waals surface area contributed by atoms with Crippen LogP contribution in [0.2, 0.25) is 0 Å². The van der Waals surface area contributed by atoms with Crippen molar-refractivity contribution in [1.82, 2.24) is 4.90 Å². The van der Waals surface area contributed by atoms with E-state index in [1.807, 2.05) is 59.5 Å². The first kappa shape index (κ1) is 28.5. The number of furan rings is 1. The third-order valence-corrected chi connectivity index (χ3v) is 7.46. The molecular formula is C33H43N3O3. The summed E-state index contributed by atoms with van der Waals surface area (Å²) in [4.78, 5) is 30.9. The van der Waals surface area contributed by atoms with E-state index in [4.69, 9.17) is 4.42 Å². The van der Waals surface area contributed by atoms with Crippen molar-refractivity contribution in [3.63, 3.8) is 0 Å². The molecule has 1 N–H and O–H groups in total. The average molecular weight is 530 g/mol. The Labute approximate surface area is 233 Å². The molecule has 0 atom stereocenters. The topological polar surface area (TPSA) is 65.8 Å². The normalized spacial score (nSPS) is 13.0. The van der Waals surface area contributed by atoms with Gasteiger partial charge in [-0.15, -0.1) is 0 Å². The highest BCUT2D eigenvalue weighted by Crippen LogP contribution is 2.29. The first-order valence-electron chi connectivity index (χ1n) is 14.7. The number of benzene rings is 2. The third kappa shape index (κ3) is 7.98. The van der Waals surface area contributed by atoms with E-state index < -0.39 is 0 Å². The highest BCUT2D eigenvalue weighted by atomic mass is 16.3. The number of carbonyl (C=O) groups is 2. The molecule has 0 radical (unpaired) electrons. The highest BCUT2D eigenvalue weighted by molar-refractivity contribution is 6.06. The largest absolute Gasteiger partial charge is 0.467 e. The number of hydrogen-bond donors (Lipinski definition) is 1. The number of rotatable bonds is 14. The summed E-state index contributed by atoms with van der Waals surface area (Å²) in [6.45, 7) is 7.33. The van der Waals surface area contributed by atoms with Crippen LogP contribution < -0.4 is 10.2 Å². The fourth-order valence-electron chi connectivity index (χ4n) is 5.16. The molecule has 1 aliphatic rings.